The average molecular weight is 302 g/mol. The molecule has 3 atom stereocenters. The van der Waals surface area contributed by atoms with Gasteiger partial charge >= 0.3 is 0 Å². The van der Waals surface area contributed by atoms with Crippen molar-refractivity contribution in [1.82, 2.24) is 15.1 Å². The summed E-state index contributed by atoms with van der Waals surface area (Å²) in [5, 5.41) is 8.56. The molecule has 1 saturated heterocycles. The molecule has 20 heavy (non-hydrogen) atoms. The fourth-order valence-electron chi connectivity index (χ4n) is 2.77. The minimum atomic E-state index is 0.0735. The number of aromatic nitrogens is 2. The molecule has 0 saturated carbocycles. The van der Waals surface area contributed by atoms with E-state index in [0.717, 1.165) is 25.3 Å². The van der Waals surface area contributed by atoms with E-state index in [0.29, 0.717) is 24.1 Å². The van der Waals surface area contributed by atoms with Gasteiger partial charge in [-0.15, -0.1) is 0 Å². The Bertz CT molecular complexity index is 425. The van der Waals surface area contributed by atoms with Crippen LogP contribution in [0.1, 0.15) is 32.0 Å². The Morgan fingerprint density at radius 2 is 2.45 bits per heavy atom. The van der Waals surface area contributed by atoms with Gasteiger partial charge in [0.2, 0.25) is 0 Å². The molecule has 2 heterocycles. The highest BCUT2D eigenvalue weighted by Crippen LogP contribution is 2.34. The number of rotatable bonds is 7. The first-order valence-corrected chi connectivity index (χ1v) is 7.62. The summed E-state index contributed by atoms with van der Waals surface area (Å²) in [5.41, 5.74) is 1.00. The van der Waals surface area contributed by atoms with Crippen LogP contribution in [0, 0.1) is 5.92 Å². The second-order valence-corrected chi connectivity index (χ2v) is 5.64. The maximum Gasteiger partial charge on any atom is 0.0835 e. The van der Waals surface area contributed by atoms with Crippen molar-refractivity contribution in [3.8, 4) is 0 Å². The third kappa shape index (κ3) is 3.34. The van der Waals surface area contributed by atoms with Crippen LogP contribution >= 0.6 is 11.6 Å². The van der Waals surface area contributed by atoms with Gasteiger partial charge in [0.15, 0.2) is 0 Å². The number of hydrogen-bond donors (Lipinski definition) is 1. The van der Waals surface area contributed by atoms with Crippen molar-refractivity contribution >= 4 is 11.6 Å². The van der Waals surface area contributed by atoms with Gasteiger partial charge in [0.25, 0.3) is 0 Å². The number of nitrogens with zero attached hydrogens (tertiary/aromatic N) is 2. The van der Waals surface area contributed by atoms with Crippen LogP contribution in [0.25, 0.3) is 0 Å². The van der Waals surface area contributed by atoms with Crippen LogP contribution in [-0.2, 0) is 16.0 Å². The summed E-state index contributed by atoms with van der Waals surface area (Å²) >= 11 is 6.36. The Morgan fingerprint density at radius 3 is 3.05 bits per heavy atom. The number of methoxy groups -OCH3 is 1. The molecule has 5 nitrogen and oxygen atoms in total. The van der Waals surface area contributed by atoms with E-state index >= 15 is 0 Å². The van der Waals surface area contributed by atoms with Crippen LogP contribution in [0.3, 0.4) is 0 Å². The highest BCUT2D eigenvalue weighted by Gasteiger charge is 2.35. The Morgan fingerprint density at radius 1 is 1.65 bits per heavy atom. The van der Waals surface area contributed by atoms with Gasteiger partial charge in [-0.3, -0.25) is 4.68 Å². The van der Waals surface area contributed by atoms with Crippen molar-refractivity contribution in [3.05, 3.63) is 16.9 Å². The molecule has 114 valence electrons. The molecular formula is C14H24ClN3O2. The molecular weight excluding hydrogens is 278 g/mol. The molecule has 0 aliphatic carbocycles. The lowest BCUT2D eigenvalue weighted by Gasteiger charge is -2.28. The first kappa shape index (κ1) is 15.8. The van der Waals surface area contributed by atoms with Crippen molar-refractivity contribution in [1.29, 1.82) is 0 Å². The highest BCUT2D eigenvalue weighted by atomic mass is 35.5. The smallest absolute Gasteiger partial charge is 0.0835 e. The van der Waals surface area contributed by atoms with Crippen LogP contribution < -0.4 is 5.32 Å². The molecule has 1 N–H and O–H groups in total. The maximum absolute atomic E-state index is 6.36. The van der Waals surface area contributed by atoms with E-state index in [9.17, 15) is 0 Å². The van der Waals surface area contributed by atoms with Gasteiger partial charge in [0.05, 0.1) is 42.2 Å². The normalized spacial score (nSPS) is 24.2. The van der Waals surface area contributed by atoms with Crippen LogP contribution in [0.15, 0.2) is 6.20 Å². The molecule has 0 radical (unpaired) electrons. The van der Waals surface area contributed by atoms with E-state index in [1.54, 1.807) is 13.3 Å². The van der Waals surface area contributed by atoms with Crippen LogP contribution in [-0.4, -0.2) is 42.8 Å². The van der Waals surface area contributed by atoms with Gasteiger partial charge in [-0.05, 0) is 18.9 Å². The second kappa shape index (κ2) is 7.41. The number of likely N-dealkylation sites (N-methyl/N-ethyl adjacent to an activating group) is 1. The summed E-state index contributed by atoms with van der Waals surface area (Å²) in [6.07, 6.45) is 2.94. The summed E-state index contributed by atoms with van der Waals surface area (Å²) in [5.74, 6) is 0.515. The zero-order valence-electron chi connectivity index (χ0n) is 12.4. The van der Waals surface area contributed by atoms with E-state index in [-0.39, 0.29) is 12.1 Å². The summed E-state index contributed by atoms with van der Waals surface area (Å²) in [6, 6.07) is 0.0735. The van der Waals surface area contributed by atoms with Crippen LogP contribution in [0.5, 0.6) is 0 Å². The lowest BCUT2D eigenvalue weighted by atomic mass is 9.95. The largest absolute Gasteiger partial charge is 0.383 e. The van der Waals surface area contributed by atoms with Gasteiger partial charge in [-0.25, -0.2) is 0 Å². The Balaban J connectivity index is 2.26. The molecule has 0 bridgehead atoms. The first-order chi connectivity index (χ1) is 9.69. The Labute approximate surface area is 125 Å². The molecule has 2 rings (SSSR count). The van der Waals surface area contributed by atoms with E-state index in [1.807, 2.05) is 4.68 Å². The van der Waals surface area contributed by atoms with Gasteiger partial charge in [-0.2, -0.15) is 5.10 Å². The molecule has 0 amide bonds. The second-order valence-electron chi connectivity index (χ2n) is 5.23. The fraction of sp³-hybridized carbons (Fsp3) is 0.786. The molecule has 3 unspecified atom stereocenters. The van der Waals surface area contributed by atoms with Gasteiger partial charge in [0, 0.05) is 13.7 Å². The quantitative estimate of drug-likeness (QED) is 0.839. The summed E-state index contributed by atoms with van der Waals surface area (Å²) in [6.45, 7) is 7.31. The molecule has 1 aromatic heterocycles. The van der Waals surface area contributed by atoms with Crippen molar-refractivity contribution in [2.75, 3.05) is 26.9 Å². The third-order valence-corrected chi connectivity index (χ3v) is 4.12. The predicted octanol–water partition coefficient (Wildman–Crippen LogP) is 2.26. The molecule has 0 spiro atoms. The number of hydrogen-bond acceptors (Lipinski definition) is 4. The minimum absolute atomic E-state index is 0.0735. The molecule has 1 aliphatic heterocycles. The zero-order valence-corrected chi connectivity index (χ0v) is 13.2. The van der Waals surface area contributed by atoms with Crippen molar-refractivity contribution in [3.63, 3.8) is 0 Å². The topological polar surface area (TPSA) is 48.3 Å². The Kier molecular flexibility index (Phi) is 5.84. The Hall–Kier alpha value is -0.620. The predicted molar refractivity (Wildman–Crippen MR) is 79.1 cm³/mol. The van der Waals surface area contributed by atoms with Gasteiger partial charge < -0.3 is 14.8 Å². The van der Waals surface area contributed by atoms with Crippen molar-refractivity contribution in [2.45, 2.75) is 39.0 Å². The van der Waals surface area contributed by atoms with Gasteiger partial charge in [-0.1, -0.05) is 25.4 Å². The number of ether oxygens (including phenoxy) is 2. The average Bonchev–Trinajstić information content (AvgIpc) is 3.01. The SMILES string of the molecule is CCNC(c1c(Cl)cnn1CCOC)C1OCCC1C. The third-order valence-electron chi connectivity index (χ3n) is 3.83. The molecule has 6 heteroatoms. The minimum Gasteiger partial charge on any atom is -0.383 e. The van der Waals surface area contributed by atoms with E-state index in [2.05, 4.69) is 24.3 Å². The highest BCUT2D eigenvalue weighted by molar-refractivity contribution is 6.31. The van der Waals surface area contributed by atoms with E-state index < -0.39 is 0 Å². The zero-order chi connectivity index (χ0) is 14.5. The molecule has 1 aromatic rings. The first-order valence-electron chi connectivity index (χ1n) is 7.24. The maximum atomic E-state index is 6.36. The lowest BCUT2D eigenvalue weighted by molar-refractivity contribution is 0.0578. The van der Waals surface area contributed by atoms with Crippen molar-refractivity contribution in [2.24, 2.45) is 5.92 Å². The summed E-state index contributed by atoms with van der Waals surface area (Å²) in [7, 11) is 1.69. The van der Waals surface area contributed by atoms with Gasteiger partial charge in [0.1, 0.15) is 0 Å². The molecule has 0 aromatic carbocycles. The number of halogens is 1. The molecule has 1 aliphatic rings. The van der Waals surface area contributed by atoms with E-state index in [4.69, 9.17) is 21.1 Å². The summed E-state index contributed by atoms with van der Waals surface area (Å²) in [4.78, 5) is 0. The fourth-order valence-corrected chi connectivity index (χ4v) is 3.03. The summed E-state index contributed by atoms with van der Waals surface area (Å²) < 4.78 is 13.0. The van der Waals surface area contributed by atoms with Crippen molar-refractivity contribution < 1.29 is 9.47 Å². The van der Waals surface area contributed by atoms with E-state index in [1.165, 1.54) is 0 Å². The monoisotopic (exact) mass is 301 g/mol. The standard InChI is InChI=1S/C14H24ClN3O2/c1-4-16-12(14-10(2)5-7-20-14)13-11(15)9-17-18(13)6-8-19-3/h9-10,12,14,16H,4-8H2,1-3H3. The number of nitrogens with one attached hydrogen (secondary N) is 1. The van der Waals surface area contributed by atoms with Crippen LogP contribution in [0.2, 0.25) is 5.02 Å². The lowest BCUT2D eigenvalue weighted by Crippen LogP contribution is -2.36. The van der Waals surface area contributed by atoms with Crippen LogP contribution in [0.4, 0.5) is 0 Å². The molecule has 1 fully saturated rings.